The molecule has 7 nitrogen and oxygen atoms in total. The zero-order chi connectivity index (χ0) is 20.3. The monoisotopic (exact) mass is 417 g/mol. The highest BCUT2D eigenvalue weighted by Crippen LogP contribution is 2.23. The van der Waals surface area contributed by atoms with Crippen LogP contribution >= 0.6 is 11.6 Å². The molecule has 0 atom stereocenters. The number of nitrogens with two attached hydrogens (primary N) is 1. The SMILES string of the molecule is NS(=O)(=O)c1cc(NC(=O)Cc2ccccc2Cl)ccc1-n1ccccc1=O. The number of nitrogens with one attached hydrogen (secondary N) is 1. The normalized spacial score (nSPS) is 11.2. The number of pyridine rings is 1. The van der Waals surface area contributed by atoms with Crippen molar-refractivity contribution < 1.29 is 13.2 Å². The van der Waals surface area contributed by atoms with Crippen LogP contribution in [0.1, 0.15) is 5.56 Å². The topological polar surface area (TPSA) is 111 Å². The molecular weight excluding hydrogens is 402 g/mol. The Hall–Kier alpha value is -2.94. The Labute approximate surface area is 166 Å². The van der Waals surface area contributed by atoms with Crippen molar-refractivity contribution in [2.45, 2.75) is 11.3 Å². The second kappa shape index (κ2) is 7.97. The van der Waals surface area contributed by atoms with Gasteiger partial charge in [-0.2, -0.15) is 0 Å². The van der Waals surface area contributed by atoms with E-state index in [2.05, 4.69) is 5.32 Å². The predicted octanol–water partition coefficient (Wildman–Crippen LogP) is 2.32. The summed E-state index contributed by atoms with van der Waals surface area (Å²) in [5.74, 6) is -0.377. The van der Waals surface area contributed by atoms with Gasteiger partial charge in [0.05, 0.1) is 12.1 Å². The minimum absolute atomic E-state index is 0.0181. The lowest BCUT2D eigenvalue weighted by molar-refractivity contribution is -0.115. The predicted molar refractivity (Wildman–Crippen MR) is 107 cm³/mol. The molecule has 28 heavy (non-hydrogen) atoms. The Morgan fingerprint density at radius 2 is 1.79 bits per heavy atom. The van der Waals surface area contributed by atoms with Crippen molar-refractivity contribution >= 4 is 33.2 Å². The fourth-order valence-electron chi connectivity index (χ4n) is 2.67. The largest absolute Gasteiger partial charge is 0.326 e. The molecule has 0 aliphatic heterocycles. The molecule has 0 aliphatic rings. The minimum atomic E-state index is -4.15. The number of benzene rings is 2. The summed E-state index contributed by atoms with van der Waals surface area (Å²) in [5, 5.41) is 8.39. The molecule has 144 valence electrons. The molecule has 0 saturated heterocycles. The number of amides is 1. The maximum atomic E-state index is 12.3. The van der Waals surface area contributed by atoms with Crippen molar-refractivity contribution in [3.8, 4) is 5.69 Å². The van der Waals surface area contributed by atoms with E-state index in [1.807, 2.05) is 0 Å². The average Bonchev–Trinajstić information content (AvgIpc) is 2.63. The number of halogens is 1. The Bertz CT molecular complexity index is 1210. The van der Waals surface area contributed by atoms with Crippen molar-refractivity contribution in [1.82, 2.24) is 4.57 Å². The quantitative estimate of drug-likeness (QED) is 0.663. The van der Waals surface area contributed by atoms with Crippen LogP contribution in [0.15, 0.2) is 76.6 Å². The van der Waals surface area contributed by atoms with Crippen LogP contribution < -0.4 is 16.0 Å². The van der Waals surface area contributed by atoms with Gasteiger partial charge in [0.1, 0.15) is 4.90 Å². The third kappa shape index (κ3) is 4.48. The summed E-state index contributed by atoms with van der Waals surface area (Å²) < 4.78 is 25.3. The number of carbonyl (C=O) groups is 1. The highest BCUT2D eigenvalue weighted by Gasteiger charge is 2.18. The second-order valence-electron chi connectivity index (χ2n) is 5.95. The van der Waals surface area contributed by atoms with Gasteiger partial charge >= 0.3 is 0 Å². The number of sulfonamides is 1. The van der Waals surface area contributed by atoms with Gasteiger partial charge in [0.15, 0.2) is 0 Å². The van der Waals surface area contributed by atoms with Crippen LogP contribution in [0.5, 0.6) is 0 Å². The van der Waals surface area contributed by atoms with Crippen LogP contribution in [0.2, 0.25) is 5.02 Å². The first kappa shape index (κ1) is 19.8. The Morgan fingerprint density at radius 1 is 1.07 bits per heavy atom. The van der Waals surface area contributed by atoms with Crippen molar-refractivity contribution in [1.29, 1.82) is 0 Å². The highest BCUT2D eigenvalue weighted by molar-refractivity contribution is 7.89. The molecule has 0 fully saturated rings. The third-order valence-corrected chi connectivity index (χ3v) is 5.25. The summed E-state index contributed by atoms with van der Waals surface area (Å²) >= 11 is 6.05. The molecule has 0 spiro atoms. The van der Waals surface area contributed by atoms with E-state index in [-0.39, 0.29) is 28.6 Å². The van der Waals surface area contributed by atoms with Gasteiger partial charge in [-0.05, 0) is 35.9 Å². The van der Waals surface area contributed by atoms with Crippen molar-refractivity contribution in [2.24, 2.45) is 5.14 Å². The van der Waals surface area contributed by atoms with Gasteiger partial charge in [-0.3, -0.25) is 14.2 Å². The second-order valence-corrected chi connectivity index (χ2v) is 7.89. The van der Waals surface area contributed by atoms with E-state index >= 15 is 0 Å². The Balaban J connectivity index is 1.94. The minimum Gasteiger partial charge on any atom is -0.326 e. The standard InChI is InChI=1S/C19H16ClN3O4S/c20-15-6-2-1-5-13(15)11-18(24)22-14-8-9-16(17(12-14)28(21,26)27)23-10-4-3-7-19(23)25/h1-10,12H,11H2,(H,22,24)(H2,21,26,27). The highest BCUT2D eigenvalue weighted by atomic mass is 35.5. The van der Waals surface area contributed by atoms with Gasteiger partial charge in [0.2, 0.25) is 15.9 Å². The molecule has 0 bridgehead atoms. The van der Waals surface area contributed by atoms with E-state index < -0.39 is 15.6 Å². The molecule has 0 radical (unpaired) electrons. The molecule has 9 heteroatoms. The lowest BCUT2D eigenvalue weighted by Crippen LogP contribution is -2.22. The van der Waals surface area contributed by atoms with Crippen LogP contribution in [0.4, 0.5) is 5.69 Å². The molecule has 0 aliphatic carbocycles. The number of hydrogen-bond donors (Lipinski definition) is 2. The van der Waals surface area contributed by atoms with Crippen LogP contribution in [0.3, 0.4) is 0 Å². The van der Waals surface area contributed by atoms with E-state index in [4.69, 9.17) is 16.7 Å². The number of nitrogens with zero attached hydrogens (tertiary/aromatic N) is 1. The van der Waals surface area contributed by atoms with E-state index in [9.17, 15) is 18.0 Å². The summed E-state index contributed by atoms with van der Waals surface area (Å²) in [6, 6.07) is 15.5. The number of rotatable bonds is 5. The van der Waals surface area contributed by atoms with Crippen molar-refractivity contribution in [3.63, 3.8) is 0 Å². The smallest absolute Gasteiger partial charge is 0.255 e. The molecule has 1 heterocycles. The fraction of sp³-hybridized carbons (Fsp3) is 0.0526. The van der Waals surface area contributed by atoms with Crippen LogP contribution in [0, 0.1) is 0 Å². The summed E-state index contributed by atoms with van der Waals surface area (Å²) in [5.41, 5.74) is 0.551. The lowest BCUT2D eigenvalue weighted by atomic mass is 10.1. The number of anilines is 1. The summed E-state index contributed by atoms with van der Waals surface area (Å²) in [6.07, 6.45) is 1.45. The first-order chi connectivity index (χ1) is 13.3. The average molecular weight is 418 g/mol. The van der Waals surface area contributed by atoms with Gasteiger partial charge in [-0.15, -0.1) is 0 Å². The zero-order valence-electron chi connectivity index (χ0n) is 14.5. The van der Waals surface area contributed by atoms with Crippen LogP contribution in [0.25, 0.3) is 5.69 Å². The Kier molecular flexibility index (Phi) is 5.64. The van der Waals surface area contributed by atoms with E-state index in [0.717, 1.165) is 4.57 Å². The van der Waals surface area contributed by atoms with Crippen LogP contribution in [-0.2, 0) is 21.2 Å². The molecule has 3 N–H and O–H groups in total. The molecule has 1 amide bonds. The lowest BCUT2D eigenvalue weighted by Gasteiger charge is -2.13. The molecule has 1 aromatic heterocycles. The van der Waals surface area contributed by atoms with Crippen LogP contribution in [-0.4, -0.2) is 18.9 Å². The van der Waals surface area contributed by atoms with E-state index in [0.29, 0.717) is 10.6 Å². The maximum Gasteiger partial charge on any atom is 0.255 e. The summed E-state index contributed by atoms with van der Waals surface area (Å²) in [4.78, 5) is 24.1. The van der Waals surface area contributed by atoms with Crippen molar-refractivity contribution in [3.05, 3.63) is 87.8 Å². The first-order valence-corrected chi connectivity index (χ1v) is 10.1. The fourth-order valence-corrected chi connectivity index (χ4v) is 3.62. The van der Waals surface area contributed by atoms with Crippen molar-refractivity contribution in [2.75, 3.05) is 5.32 Å². The maximum absolute atomic E-state index is 12.3. The summed E-state index contributed by atoms with van der Waals surface area (Å²) in [7, 11) is -4.15. The molecular formula is C19H16ClN3O4S. The number of primary sulfonamides is 1. The molecule has 3 rings (SSSR count). The number of carbonyl (C=O) groups excluding carboxylic acids is 1. The molecule has 0 unspecified atom stereocenters. The van der Waals surface area contributed by atoms with Gasteiger partial charge in [-0.1, -0.05) is 35.9 Å². The van der Waals surface area contributed by atoms with E-state index in [1.165, 1.54) is 30.5 Å². The zero-order valence-corrected chi connectivity index (χ0v) is 16.1. The summed E-state index contributed by atoms with van der Waals surface area (Å²) in [6.45, 7) is 0. The molecule has 0 saturated carbocycles. The molecule has 3 aromatic rings. The Morgan fingerprint density at radius 3 is 2.46 bits per heavy atom. The number of aromatic nitrogens is 1. The third-order valence-electron chi connectivity index (χ3n) is 3.94. The van der Waals surface area contributed by atoms with Gasteiger partial charge in [-0.25, -0.2) is 13.6 Å². The van der Waals surface area contributed by atoms with Gasteiger partial charge in [0, 0.05) is 23.0 Å². The molecule has 2 aromatic carbocycles. The number of hydrogen-bond acceptors (Lipinski definition) is 4. The van der Waals surface area contributed by atoms with Gasteiger partial charge < -0.3 is 5.32 Å². The van der Waals surface area contributed by atoms with E-state index in [1.54, 1.807) is 36.4 Å². The van der Waals surface area contributed by atoms with Gasteiger partial charge in [0.25, 0.3) is 5.56 Å². The first-order valence-electron chi connectivity index (χ1n) is 8.14.